The summed E-state index contributed by atoms with van der Waals surface area (Å²) in [4.78, 5) is 4.38. The molecule has 0 aliphatic carbocycles. The van der Waals surface area contributed by atoms with Crippen LogP contribution in [0.2, 0.25) is 0 Å². The highest BCUT2D eigenvalue weighted by Gasteiger charge is 2.35. The van der Waals surface area contributed by atoms with Crippen LogP contribution in [0.15, 0.2) is 12.5 Å². The van der Waals surface area contributed by atoms with Gasteiger partial charge in [0.05, 0.1) is 18.5 Å². The van der Waals surface area contributed by atoms with E-state index in [1.165, 1.54) is 25.0 Å². The van der Waals surface area contributed by atoms with Crippen molar-refractivity contribution in [3.63, 3.8) is 0 Å². The molecule has 3 atom stereocenters. The molecule has 2 fully saturated rings. The van der Waals surface area contributed by atoms with E-state index in [0.717, 1.165) is 19.7 Å². The molecule has 2 aliphatic rings. The van der Waals surface area contributed by atoms with Gasteiger partial charge in [-0.1, -0.05) is 6.92 Å². The minimum absolute atomic E-state index is 0.226. The lowest BCUT2D eigenvalue weighted by atomic mass is 9.86. The molecule has 3 heterocycles. The van der Waals surface area contributed by atoms with Gasteiger partial charge in [0.25, 0.3) is 0 Å². The molecule has 18 heavy (non-hydrogen) atoms. The highest BCUT2D eigenvalue weighted by Crippen LogP contribution is 2.33. The van der Waals surface area contributed by atoms with Crippen LogP contribution in [0, 0.1) is 0 Å². The lowest BCUT2D eigenvalue weighted by Crippen LogP contribution is -2.31. The van der Waals surface area contributed by atoms with Crippen molar-refractivity contribution in [2.24, 2.45) is 0 Å². The average molecular weight is 249 g/mol. The van der Waals surface area contributed by atoms with Crippen LogP contribution < -0.4 is 5.32 Å². The first-order valence-corrected chi connectivity index (χ1v) is 7.05. The summed E-state index contributed by atoms with van der Waals surface area (Å²) in [7, 11) is 0. The average Bonchev–Trinajstić information content (AvgIpc) is 3.10. The standard InChI is InChI=1S/C14H23N3O/c1-11(12-4-3-7-18-12)17-10-16-8-13(17)14(2)5-6-15-9-14/h8,10-12,15H,3-7,9H2,1-2H3. The van der Waals surface area contributed by atoms with Gasteiger partial charge in [-0.25, -0.2) is 4.98 Å². The number of rotatable bonds is 3. The zero-order valence-corrected chi connectivity index (χ0v) is 11.4. The van der Waals surface area contributed by atoms with Gasteiger partial charge in [0.2, 0.25) is 0 Å². The molecule has 0 bridgehead atoms. The smallest absolute Gasteiger partial charge is 0.0951 e. The van der Waals surface area contributed by atoms with Crippen LogP contribution >= 0.6 is 0 Å². The molecule has 3 unspecified atom stereocenters. The van der Waals surface area contributed by atoms with Gasteiger partial charge in [0.15, 0.2) is 0 Å². The van der Waals surface area contributed by atoms with Crippen molar-refractivity contribution < 1.29 is 4.74 Å². The number of hydrogen-bond acceptors (Lipinski definition) is 3. The molecule has 2 saturated heterocycles. The molecule has 2 aliphatic heterocycles. The maximum Gasteiger partial charge on any atom is 0.0951 e. The predicted octanol–water partition coefficient (Wildman–Crippen LogP) is 1.87. The summed E-state index contributed by atoms with van der Waals surface area (Å²) in [6, 6.07) is 0.391. The second-order valence-electron chi connectivity index (χ2n) is 5.97. The van der Waals surface area contributed by atoms with E-state index in [9.17, 15) is 0 Å². The topological polar surface area (TPSA) is 39.1 Å². The minimum Gasteiger partial charge on any atom is -0.376 e. The number of imidazole rings is 1. The number of nitrogens with zero attached hydrogens (tertiary/aromatic N) is 2. The molecule has 4 nitrogen and oxygen atoms in total. The molecule has 1 aromatic rings. The zero-order chi connectivity index (χ0) is 12.6. The van der Waals surface area contributed by atoms with Crippen LogP contribution in [0.25, 0.3) is 0 Å². The van der Waals surface area contributed by atoms with Crippen molar-refractivity contribution in [2.75, 3.05) is 19.7 Å². The fourth-order valence-corrected chi connectivity index (χ4v) is 3.29. The van der Waals surface area contributed by atoms with Crippen LogP contribution in [-0.4, -0.2) is 35.4 Å². The van der Waals surface area contributed by atoms with Gasteiger partial charge in [0, 0.05) is 30.5 Å². The molecule has 3 rings (SSSR count). The molecule has 1 N–H and O–H groups in total. The SMILES string of the molecule is CC(C1CCCO1)n1cncc1C1(C)CCNC1. The summed E-state index contributed by atoms with van der Waals surface area (Å²) < 4.78 is 8.16. The fraction of sp³-hybridized carbons (Fsp3) is 0.786. The van der Waals surface area contributed by atoms with E-state index in [2.05, 4.69) is 28.7 Å². The molecule has 0 spiro atoms. The van der Waals surface area contributed by atoms with E-state index in [1.54, 1.807) is 0 Å². The van der Waals surface area contributed by atoms with Gasteiger partial charge in [-0.2, -0.15) is 0 Å². The Balaban J connectivity index is 1.86. The Bertz CT molecular complexity index is 403. The molecule has 0 radical (unpaired) electrons. The van der Waals surface area contributed by atoms with Crippen molar-refractivity contribution in [3.8, 4) is 0 Å². The second kappa shape index (κ2) is 4.67. The number of hydrogen-bond donors (Lipinski definition) is 1. The van der Waals surface area contributed by atoms with Crippen LogP contribution in [-0.2, 0) is 10.2 Å². The molecule has 0 amide bonds. The van der Waals surface area contributed by atoms with Gasteiger partial charge in [-0.15, -0.1) is 0 Å². The fourth-order valence-electron chi connectivity index (χ4n) is 3.29. The van der Waals surface area contributed by atoms with E-state index < -0.39 is 0 Å². The van der Waals surface area contributed by atoms with Crippen LogP contribution in [0.5, 0.6) is 0 Å². The lowest BCUT2D eigenvalue weighted by Gasteiger charge is -2.29. The second-order valence-corrected chi connectivity index (χ2v) is 5.97. The van der Waals surface area contributed by atoms with E-state index in [4.69, 9.17) is 4.74 Å². The summed E-state index contributed by atoms with van der Waals surface area (Å²) in [6.45, 7) is 7.67. The third kappa shape index (κ3) is 1.97. The normalized spacial score (nSPS) is 34.0. The van der Waals surface area contributed by atoms with E-state index >= 15 is 0 Å². The summed E-state index contributed by atoms with van der Waals surface area (Å²) >= 11 is 0. The van der Waals surface area contributed by atoms with Crippen molar-refractivity contribution in [2.45, 2.75) is 50.7 Å². The molecular weight excluding hydrogens is 226 g/mol. The Morgan fingerprint density at radius 3 is 3.17 bits per heavy atom. The summed E-state index contributed by atoms with van der Waals surface area (Å²) in [5.41, 5.74) is 1.58. The van der Waals surface area contributed by atoms with Crippen molar-refractivity contribution in [1.29, 1.82) is 0 Å². The van der Waals surface area contributed by atoms with Gasteiger partial charge in [-0.3, -0.25) is 0 Å². The van der Waals surface area contributed by atoms with Gasteiger partial charge in [0.1, 0.15) is 0 Å². The highest BCUT2D eigenvalue weighted by atomic mass is 16.5. The van der Waals surface area contributed by atoms with Gasteiger partial charge >= 0.3 is 0 Å². The number of aromatic nitrogens is 2. The molecule has 4 heteroatoms. The van der Waals surface area contributed by atoms with E-state index in [1.807, 2.05) is 12.5 Å². The van der Waals surface area contributed by atoms with Crippen LogP contribution in [0.3, 0.4) is 0 Å². The summed E-state index contributed by atoms with van der Waals surface area (Å²) in [5, 5.41) is 3.46. The van der Waals surface area contributed by atoms with Crippen molar-refractivity contribution in [3.05, 3.63) is 18.2 Å². The number of nitrogens with one attached hydrogen (secondary N) is 1. The molecule has 0 saturated carbocycles. The Hall–Kier alpha value is -0.870. The number of ether oxygens (including phenoxy) is 1. The molecule has 100 valence electrons. The quantitative estimate of drug-likeness (QED) is 0.889. The monoisotopic (exact) mass is 249 g/mol. The van der Waals surface area contributed by atoms with Crippen molar-refractivity contribution in [1.82, 2.24) is 14.9 Å². The Kier molecular flexibility index (Phi) is 3.16. The van der Waals surface area contributed by atoms with Gasteiger partial charge in [-0.05, 0) is 32.7 Å². The van der Waals surface area contributed by atoms with Crippen LogP contribution in [0.4, 0.5) is 0 Å². The van der Waals surface area contributed by atoms with Crippen LogP contribution in [0.1, 0.15) is 44.8 Å². The lowest BCUT2D eigenvalue weighted by molar-refractivity contribution is 0.0714. The third-order valence-electron chi connectivity index (χ3n) is 4.59. The van der Waals surface area contributed by atoms with E-state index in [0.29, 0.717) is 12.1 Å². The first-order chi connectivity index (χ1) is 8.71. The Morgan fingerprint density at radius 1 is 1.61 bits per heavy atom. The van der Waals surface area contributed by atoms with Crippen molar-refractivity contribution >= 4 is 0 Å². The molecular formula is C14H23N3O. The maximum absolute atomic E-state index is 5.82. The Morgan fingerprint density at radius 2 is 2.50 bits per heavy atom. The minimum atomic E-state index is 0.226. The zero-order valence-electron chi connectivity index (χ0n) is 11.4. The van der Waals surface area contributed by atoms with Gasteiger partial charge < -0.3 is 14.6 Å². The largest absolute Gasteiger partial charge is 0.376 e. The third-order valence-corrected chi connectivity index (χ3v) is 4.59. The Labute approximate surface area is 109 Å². The summed E-state index contributed by atoms with van der Waals surface area (Å²) in [6.07, 6.45) is 7.93. The van der Waals surface area contributed by atoms with E-state index in [-0.39, 0.29) is 5.41 Å². The summed E-state index contributed by atoms with van der Waals surface area (Å²) in [5.74, 6) is 0. The first kappa shape index (κ1) is 12.2. The molecule has 1 aromatic heterocycles. The predicted molar refractivity (Wildman–Crippen MR) is 70.8 cm³/mol. The maximum atomic E-state index is 5.82. The molecule has 0 aromatic carbocycles. The highest BCUT2D eigenvalue weighted by molar-refractivity contribution is 5.18. The first-order valence-electron chi connectivity index (χ1n) is 7.05.